The van der Waals surface area contributed by atoms with Crippen LogP contribution in [0.5, 0.6) is 0 Å². The summed E-state index contributed by atoms with van der Waals surface area (Å²) in [5.41, 5.74) is 0. The van der Waals surface area contributed by atoms with Gasteiger partial charge in [0.15, 0.2) is 0 Å². The van der Waals surface area contributed by atoms with Gasteiger partial charge in [-0.3, -0.25) is 0 Å². The van der Waals surface area contributed by atoms with Crippen molar-refractivity contribution >= 4 is 0 Å². The van der Waals surface area contributed by atoms with Gasteiger partial charge in [-0.05, 0) is 0 Å². The fourth-order valence-electron chi connectivity index (χ4n) is 0. The molecule has 0 unspecified atom stereocenters. The van der Waals surface area contributed by atoms with Crippen LogP contribution in [0.1, 0.15) is 1.43 Å². The van der Waals surface area contributed by atoms with Gasteiger partial charge in [0.05, 0.1) is 0 Å². The molecule has 0 rings (SSSR count). The average Bonchev–Trinajstić information content (AvgIpc) is 0.722. The van der Waals surface area contributed by atoms with Crippen molar-refractivity contribution in [1.82, 2.24) is 0 Å². The average molecular weight is 206 g/mol. The van der Waals surface area contributed by atoms with Crippen molar-refractivity contribution in [2.45, 2.75) is 0 Å². The first-order valence-electron chi connectivity index (χ1n) is 0.647. The number of rotatable bonds is 0. The summed E-state index contributed by atoms with van der Waals surface area (Å²) in [7, 11) is 0. The fraction of sp³-hybridized carbons (Fsp3) is 0. The summed E-state index contributed by atoms with van der Waals surface area (Å²) in [5, 5.41) is 0. The van der Waals surface area contributed by atoms with Crippen molar-refractivity contribution in [1.29, 1.82) is 0 Å². The Labute approximate surface area is 71.9 Å². The van der Waals surface area contributed by atoms with Gasteiger partial charge in [0.1, 0.15) is 0 Å². The molecule has 0 bridgehead atoms. The predicted octanol–water partition coefficient (Wildman–Crippen LogP) is -5.06. The van der Waals surface area contributed by atoms with Crippen molar-refractivity contribution in [2.24, 2.45) is 0 Å². The number of hydrogen-bond acceptors (Lipinski definition) is 2. The second-order valence-corrected chi connectivity index (χ2v) is 1.71. The molecule has 1 radical (unpaired) electrons. The zero-order chi connectivity index (χ0) is 4.50. The zero-order valence-electron chi connectivity index (χ0n) is 4.92. The van der Waals surface area contributed by atoms with Gasteiger partial charge in [0.25, 0.3) is 0 Å². The molecule has 0 aliphatic heterocycles. The Hall–Kier alpha value is 1.10. The quantitative estimate of drug-likeness (QED) is 0.386. The second kappa shape index (κ2) is 8.10. The van der Waals surface area contributed by atoms with E-state index < -0.39 is 13.4 Å². The molecular weight excluding hydrogens is 201 g/mol. The van der Waals surface area contributed by atoms with Gasteiger partial charge < -0.3 is 6.90 Å². The first-order chi connectivity index (χ1) is 2.00. The second-order valence-electron chi connectivity index (χ2n) is 0.415. The Kier molecular flexibility index (Phi) is 23.2. The Bertz CT molecular complexity index is 100. The molecule has 0 atom stereocenters. The summed E-state index contributed by atoms with van der Waals surface area (Å²) in [4.78, 5) is 0. The topological polar surface area (TPSA) is 106 Å². The summed E-state index contributed by atoms with van der Waals surface area (Å²) < 4.78 is 31.8. The molecule has 4 N–H and O–H groups in total. The van der Waals surface area contributed by atoms with Crippen LogP contribution in [-0.2, 0) is 37.8 Å². The molecular formula is H5CoLiMnO5. The van der Waals surface area contributed by atoms with E-state index in [2.05, 4.69) is 0 Å². The van der Waals surface area contributed by atoms with Gasteiger partial charge in [0, 0.05) is 16.8 Å². The van der Waals surface area contributed by atoms with E-state index in [1.807, 2.05) is 0 Å². The Morgan fingerprint density at radius 2 is 1.25 bits per heavy atom. The third-order valence-electron chi connectivity index (χ3n) is 0. The predicted molar refractivity (Wildman–Crippen MR) is 10.5 cm³/mol. The minimum atomic E-state index is -5.12. The summed E-state index contributed by atoms with van der Waals surface area (Å²) in [6.07, 6.45) is 0. The van der Waals surface area contributed by atoms with E-state index in [0.29, 0.717) is 0 Å². The van der Waals surface area contributed by atoms with Gasteiger partial charge in [-0.25, -0.2) is 0 Å². The Morgan fingerprint density at radius 1 is 1.25 bits per heavy atom. The van der Waals surface area contributed by atoms with Crippen molar-refractivity contribution in [3.05, 3.63) is 0 Å². The molecule has 8 heteroatoms. The maximum absolute atomic E-state index is 8.80. The van der Waals surface area contributed by atoms with Gasteiger partial charge >= 0.3 is 48.3 Å². The van der Waals surface area contributed by atoms with E-state index in [4.69, 9.17) is 16.0 Å². The van der Waals surface area contributed by atoms with Crippen LogP contribution in [0.4, 0.5) is 0 Å². The minimum absolute atomic E-state index is 0. The van der Waals surface area contributed by atoms with Gasteiger partial charge in [0.2, 0.25) is 0 Å². The molecule has 8 heavy (non-hydrogen) atoms. The standard InChI is InChI=1S/Co.Li.Mn.3H2O.2O.H/h;;;3*1H2;;;/q;+1;+2;;;;;;-1/p-2. The van der Waals surface area contributed by atoms with Crippen LogP contribution in [-0.4, -0.2) is 13.9 Å². The molecule has 0 aromatic heterocycles. The number of hydrogen-bond donors (Lipinski definition) is 2. The monoisotopic (exact) mass is 206 g/mol. The molecule has 5 nitrogen and oxygen atoms in total. The van der Waals surface area contributed by atoms with Crippen molar-refractivity contribution < 1.29 is 72.0 Å². The van der Waals surface area contributed by atoms with Gasteiger partial charge in [-0.1, -0.05) is 0 Å². The van der Waals surface area contributed by atoms with Crippen molar-refractivity contribution in [3.8, 4) is 0 Å². The molecule has 0 aliphatic rings. The summed E-state index contributed by atoms with van der Waals surface area (Å²) >= 11 is -5.12. The summed E-state index contributed by atoms with van der Waals surface area (Å²) in [6, 6.07) is 0. The third-order valence-corrected chi connectivity index (χ3v) is 0. The van der Waals surface area contributed by atoms with Crippen LogP contribution < -0.4 is 18.9 Å². The van der Waals surface area contributed by atoms with E-state index >= 15 is 0 Å². The SMILES string of the molecule is O.[Co].[H-].[Li+].[O]=[Mn](=[O])([OH])[OH]. The molecule has 0 saturated heterocycles. The van der Waals surface area contributed by atoms with Gasteiger partial charge in [-0.2, -0.15) is 0 Å². The maximum atomic E-state index is 8.80. The molecule has 52 valence electrons. The summed E-state index contributed by atoms with van der Waals surface area (Å²) in [6.45, 7) is 0. The molecule has 0 aromatic carbocycles. The Morgan fingerprint density at radius 3 is 1.25 bits per heavy atom. The molecule has 0 amide bonds. The Balaban J connectivity index is -0.0000000133. The van der Waals surface area contributed by atoms with Crippen LogP contribution in [0.15, 0.2) is 0 Å². The third kappa shape index (κ3) is 217. The molecule has 0 heterocycles. The van der Waals surface area contributed by atoms with Crippen LogP contribution >= 0.6 is 0 Å². The van der Waals surface area contributed by atoms with Crippen LogP contribution in [0.25, 0.3) is 0 Å². The first-order valence-corrected chi connectivity index (χ1v) is 2.67. The van der Waals surface area contributed by atoms with Crippen molar-refractivity contribution in [3.63, 3.8) is 0 Å². The molecule has 0 aliphatic carbocycles. The van der Waals surface area contributed by atoms with E-state index in [0.717, 1.165) is 0 Å². The van der Waals surface area contributed by atoms with Crippen LogP contribution in [0.3, 0.4) is 0 Å². The molecule has 0 saturated carbocycles. The van der Waals surface area contributed by atoms with Crippen molar-refractivity contribution in [2.75, 3.05) is 0 Å². The van der Waals surface area contributed by atoms with E-state index in [1.165, 1.54) is 0 Å². The van der Waals surface area contributed by atoms with Crippen LogP contribution in [0, 0.1) is 0 Å². The summed E-state index contributed by atoms with van der Waals surface area (Å²) in [5.74, 6) is 0. The van der Waals surface area contributed by atoms with E-state index in [9.17, 15) is 0 Å². The van der Waals surface area contributed by atoms with E-state index in [1.54, 1.807) is 0 Å². The van der Waals surface area contributed by atoms with Gasteiger partial charge in [-0.15, -0.1) is 0 Å². The fourth-order valence-corrected chi connectivity index (χ4v) is 0. The molecule has 0 fully saturated rings. The van der Waals surface area contributed by atoms with Crippen LogP contribution in [0.2, 0.25) is 0 Å². The normalized spacial score (nSPS) is 7.25. The van der Waals surface area contributed by atoms with E-state index in [-0.39, 0.29) is 42.5 Å². The molecule has 0 aromatic rings. The zero-order valence-corrected chi connectivity index (χ0v) is 6.14. The molecule has 0 spiro atoms. The first kappa shape index (κ1) is 23.0.